The first-order chi connectivity index (χ1) is 29.4. The third-order valence-electron chi connectivity index (χ3n) is 11.2. The fourth-order valence-electron chi connectivity index (χ4n) is 8.28. The number of aromatic amines is 2. The smallest absolute Gasteiger partial charge is 0.407 e. The number of benzene rings is 4. The van der Waals surface area contributed by atoms with Gasteiger partial charge in [0.1, 0.15) is 17.7 Å². The van der Waals surface area contributed by atoms with Gasteiger partial charge in [0.2, 0.25) is 6.40 Å². The van der Waals surface area contributed by atoms with Crippen LogP contribution in [0.15, 0.2) is 114 Å². The minimum absolute atomic E-state index is 0.117. The Bertz CT molecular complexity index is 2500. The second-order valence-corrected chi connectivity index (χ2v) is 15.0. The average Bonchev–Trinajstić information content (AvgIpc) is 4.12. The Hall–Kier alpha value is -6.80. The average molecular weight is 809 g/mol. The highest BCUT2D eigenvalue weighted by atomic mass is 17.2. The molecule has 2 saturated heterocycles. The van der Waals surface area contributed by atoms with E-state index in [1.165, 1.54) is 20.6 Å². The Balaban J connectivity index is 0.908. The van der Waals surface area contributed by atoms with E-state index in [4.69, 9.17) is 19.6 Å². The molecule has 14 heteroatoms. The number of hydrogen-bond donors (Lipinski definition) is 3. The van der Waals surface area contributed by atoms with E-state index in [2.05, 4.69) is 61.6 Å². The second kappa shape index (κ2) is 18.4. The number of methoxy groups -OCH3 is 1. The maximum absolute atomic E-state index is 13.9. The van der Waals surface area contributed by atoms with Crippen molar-refractivity contribution >= 4 is 46.4 Å². The van der Waals surface area contributed by atoms with Gasteiger partial charge < -0.3 is 34.7 Å². The molecule has 0 aliphatic carbocycles. The number of aliphatic imine (C=N–C) groups is 1. The first-order valence-electron chi connectivity index (χ1n) is 20.3. The molecule has 0 radical (unpaired) electrons. The van der Waals surface area contributed by atoms with Gasteiger partial charge in [-0.3, -0.25) is 9.59 Å². The van der Waals surface area contributed by atoms with E-state index in [9.17, 15) is 14.4 Å². The Labute approximate surface area is 347 Å². The van der Waals surface area contributed by atoms with Crippen LogP contribution in [0.5, 0.6) is 0 Å². The molecule has 4 atom stereocenters. The van der Waals surface area contributed by atoms with Crippen LogP contribution in [0.4, 0.5) is 4.79 Å². The minimum Gasteiger partial charge on any atom is -0.453 e. The van der Waals surface area contributed by atoms with Gasteiger partial charge in [0.25, 0.3) is 11.8 Å². The van der Waals surface area contributed by atoms with Gasteiger partial charge in [0.05, 0.1) is 48.4 Å². The third-order valence-corrected chi connectivity index (χ3v) is 11.2. The minimum atomic E-state index is -0.872. The number of imidazole rings is 2. The Kier molecular flexibility index (Phi) is 12.3. The van der Waals surface area contributed by atoms with Crippen LogP contribution in [0.2, 0.25) is 0 Å². The van der Waals surface area contributed by atoms with Crippen molar-refractivity contribution in [3.63, 3.8) is 0 Å². The summed E-state index contributed by atoms with van der Waals surface area (Å²) in [6.07, 6.45) is 9.59. The molecule has 3 N–H and O–H groups in total. The number of ether oxygens (including phenoxy) is 1. The van der Waals surface area contributed by atoms with Crippen molar-refractivity contribution < 1.29 is 28.9 Å². The molecule has 0 saturated carbocycles. The van der Waals surface area contributed by atoms with Crippen molar-refractivity contribution in [1.82, 2.24) is 35.1 Å². The zero-order valence-corrected chi connectivity index (χ0v) is 33.6. The monoisotopic (exact) mass is 808 g/mol. The Morgan fingerprint density at radius 2 is 1.28 bits per heavy atom. The summed E-state index contributed by atoms with van der Waals surface area (Å²) in [5.41, 5.74) is 7.27. The number of amides is 3. The van der Waals surface area contributed by atoms with Gasteiger partial charge >= 0.3 is 6.09 Å². The lowest BCUT2D eigenvalue weighted by atomic mass is 10.1. The zero-order chi connectivity index (χ0) is 41.4. The first kappa shape index (κ1) is 40.0. The van der Waals surface area contributed by atoms with Crippen LogP contribution in [0.3, 0.4) is 0 Å². The number of likely N-dealkylation sites (tertiary alicyclic amines) is 2. The molecule has 8 rings (SSSR count). The number of alkyl carbamates (subject to hydrolysis) is 1. The molecular formula is C46H48N8O6. The first-order valence-corrected chi connectivity index (χ1v) is 20.3. The van der Waals surface area contributed by atoms with Crippen molar-refractivity contribution in [2.45, 2.75) is 62.7 Å². The topological polar surface area (TPSA) is 167 Å². The number of aromatic nitrogens is 4. The summed E-state index contributed by atoms with van der Waals surface area (Å²) in [4.78, 5) is 74.5. The maximum atomic E-state index is 13.9. The summed E-state index contributed by atoms with van der Waals surface area (Å²) in [7, 11) is 2.68. The molecule has 4 heterocycles. The number of rotatable bonds is 14. The highest BCUT2D eigenvalue weighted by Crippen LogP contribution is 2.36. The molecule has 308 valence electrons. The highest BCUT2D eigenvalue weighted by molar-refractivity contribution is 5.88. The third kappa shape index (κ3) is 8.78. The van der Waals surface area contributed by atoms with Crippen LogP contribution in [-0.4, -0.2) is 81.4 Å². The largest absolute Gasteiger partial charge is 0.453 e. The van der Waals surface area contributed by atoms with Gasteiger partial charge in [0.15, 0.2) is 6.04 Å². The van der Waals surface area contributed by atoms with Crippen molar-refractivity contribution in [3.05, 3.63) is 143 Å². The van der Waals surface area contributed by atoms with Crippen LogP contribution in [-0.2, 0) is 36.9 Å². The maximum Gasteiger partial charge on any atom is 0.407 e. The van der Waals surface area contributed by atoms with Crippen molar-refractivity contribution in [2.75, 3.05) is 27.3 Å². The summed E-state index contributed by atoms with van der Waals surface area (Å²) in [5, 5.41) is 2.72. The quantitative estimate of drug-likeness (QED) is 0.0334. The van der Waals surface area contributed by atoms with E-state index in [0.717, 1.165) is 88.9 Å². The molecule has 2 fully saturated rings. The summed E-state index contributed by atoms with van der Waals surface area (Å²) in [6, 6.07) is 29.0. The summed E-state index contributed by atoms with van der Waals surface area (Å²) in [5.74, 6) is 1.18. The SMILES string of the molecule is COOC=N[C@H](C(=O)N1CCC[C@H]1c1nc2ccc(C/C=C/Cc3ccc4nc([C@@H]5CCCN5C(=O)[C@H](NC(=O)OC)c5ccccc5)[nH]c4c3)cc2[nH]1)c1ccccc1. The van der Waals surface area contributed by atoms with Gasteiger partial charge in [-0.05, 0) is 85.0 Å². The lowest BCUT2D eigenvalue weighted by Crippen LogP contribution is -2.42. The summed E-state index contributed by atoms with van der Waals surface area (Å²) in [6.45, 7) is 1.18. The number of carbonyl (C=O) groups excluding carboxylic acids is 3. The molecule has 2 aromatic heterocycles. The highest BCUT2D eigenvalue weighted by Gasteiger charge is 2.38. The Morgan fingerprint density at radius 3 is 1.82 bits per heavy atom. The van der Waals surface area contributed by atoms with Gasteiger partial charge in [-0.25, -0.2) is 19.8 Å². The fourth-order valence-corrected chi connectivity index (χ4v) is 8.28. The molecule has 0 unspecified atom stereocenters. The lowest BCUT2D eigenvalue weighted by Gasteiger charge is -2.28. The van der Waals surface area contributed by atoms with E-state index < -0.39 is 18.2 Å². The fraction of sp³-hybridized carbons (Fsp3) is 0.304. The van der Waals surface area contributed by atoms with E-state index >= 15 is 0 Å². The molecule has 14 nitrogen and oxygen atoms in total. The number of allylic oxidation sites excluding steroid dienone is 2. The molecule has 0 spiro atoms. The van der Waals surface area contributed by atoms with Crippen molar-refractivity contribution in [1.29, 1.82) is 0 Å². The molecule has 4 aromatic carbocycles. The van der Waals surface area contributed by atoms with E-state index in [1.54, 1.807) is 4.90 Å². The predicted octanol–water partition coefficient (Wildman–Crippen LogP) is 7.55. The van der Waals surface area contributed by atoms with Crippen LogP contribution in [0, 0.1) is 0 Å². The normalized spacial score (nSPS) is 17.8. The predicted molar refractivity (Wildman–Crippen MR) is 227 cm³/mol. The van der Waals surface area contributed by atoms with Gasteiger partial charge in [0, 0.05) is 13.1 Å². The molecule has 2 aliphatic heterocycles. The number of hydrogen-bond acceptors (Lipinski definition) is 9. The number of fused-ring (bicyclic) bond motifs is 2. The number of nitrogens with zero attached hydrogens (tertiary/aromatic N) is 5. The number of H-pyrrole nitrogens is 2. The molecule has 2 aliphatic rings. The molecule has 60 heavy (non-hydrogen) atoms. The van der Waals surface area contributed by atoms with E-state index in [1.807, 2.05) is 77.7 Å². The zero-order valence-electron chi connectivity index (χ0n) is 33.6. The Morgan fingerprint density at radius 1 is 0.750 bits per heavy atom. The molecular weight excluding hydrogens is 761 g/mol. The standard InChI is InChI=1S/C46H48N8O6/c1-58-46(57)52-41(33-17-7-4-8-18-33)45(56)54-26-12-20-39(54)43-49-35-24-22-31(28-37(35)51-43)14-10-9-13-30-21-23-34-36(27-30)50-42(48-34)38-19-11-25-53(38)44(55)40(47-29-60-59-2)32-15-5-3-6-16-32/h3-10,15-18,21-24,27-29,38-41H,11-14,19-20,25-26H2,1-2H3,(H,48,50)(H,49,51)(H,52,57)/b10-9+,47-29?/t38-,39-,40-,41+/m0/s1. The lowest BCUT2D eigenvalue weighted by molar-refractivity contribution is -0.188. The van der Waals surface area contributed by atoms with E-state index in [0.29, 0.717) is 18.7 Å². The van der Waals surface area contributed by atoms with Crippen molar-refractivity contribution in [2.24, 2.45) is 4.99 Å². The van der Waals surface area contributed by atoms with Crippen LogP contribution in [0.25, 0.3) is 22.1 Å². The van der Waals surface area contributed by atoms with Crippen LogP contribution in [0.1, 0.15) is 83.8 Å². The van der Waals surface area contributed by atoms with Crippen LogP contribution < -0.4 is 5.32 Å². The van der Waals surface area contributed by atoms with E-state index in [-0.39, 0.29) is 23.9 Å². The molecule has 0 bridgehead atoms. The molecule has 6 aromatic rings. The number of carbonyl (C=O) groups is 3. The van der Waals surface area contributed by atoms with Crippen molar-refractivity contribution in [3.8, 4) is 0 Å². The van der Waals surface area contributed by atoms with Gasteiger partial charge in [-0.15, -0.1) is 0 Å². The van der Waals surface area contributed by atoms with Crippen LogP contribution >= 0.6 is 0 Å². The summed E-state index contributed by atoms with van der Waals surface area (Å²) < 4.78 is 4.84. The van der Waals surface area contributed by atoms with Gasteiger partial charge in [-0.1, -0.05) is 84.9 Å². The second-order valence-electron chi connectivity index (χ2n) is 15.0. The van der Waals surface area contributed by atoms with Gasteiger partial charge in [-0.2, -0.15) is 4.89 Å². The number of nitrogens with one attached hydrogen (secondary N) is 3. The summed E-state index contributed by atoms with van der Waals surface area (Å²) >= 11 is 0. The molecule has 3 amide bonds.